The molecule has 0 unspecified atom stereocenters. The van der Waals surface area contributed by atoms with Gasteiger partial charge in [0.1, 0.15) is 17.0 Å². The van der Waals surface area contributed by atoms with Crippen LogP contribution in [0.3, 0.4) is 0 Å². The topological polar surface area (TPSA) is 66.2 Å². The van der Waals surface area contributed by atoms with E-state index in [0.29, 0.717) is 22.5 Å². The average Bonchev–Trinajstić information content (AvgIpc) is 2.96. The lowest BCUT2D eigenvalue weighted by atomic mass is 10.2. The number of methoxy groups -OCH3 is 1. The van der Waals surface area contributed by atoms with E-state index in [1.54, 1.807) is 25.3 Å². The lowest BCUT2D eigenvalue weighted by Gasteiger charge is -2.11. The van der Waals surface area contributed by atoms with Crippen molar-refractivity contribution in [2.24, 2.45) is 0 Å². The third kappa shape index (κ3) is 3.29. The standard InChI is InChI=1S/C16H13Br2N3O3/c1-9-5-10(17)6-12(18)16(9)24-8-15(22)21-14-4-3-11(23-2)7-13(14)19-20-21/h3-7H,8H2,1-2H3. The van der Waals surface area contributed by atoms with Crippen LogP contribution in [0.1, 0.15) is 10.4 Å². The zero-order valence-electron chi connectivity index (χ0n) is 12.9. The normalized spacial score (nSPS) is 10.8. The van der Waals surface area contributed by atoms with E-state index in [0.717, 1.165) is 14.5 Å². The first kappa shape index (κ1) is 16.9. The highest BCUT2D eigenvalue weighted by Gasteiger charge is 2.15. The average molecular weight is 455 g/mol. The molecule has 0 aliphatic heterocycles. The number of rotatable bonds is 4. The van der Waals surface area contributed by atoms with E-state index >= 15 is 0 Å². The molecule has 2 aromatic carbocycles. The van der Waals surface area contributed by atoms with Crippen molar-refractivity contribution in [3.8, 4) is 11.5 Å². The minimum Gasteiger partial charge on any atom is -0.497 e. The highest BCUT2D eigenvalue weighted by molar-refractivity contribution is 9.11. The van der Waals surface area contributed by atoms with E-state index < -0.39 is 0 Å². The summed E-state index contributed by atoms with van der Waals surface area (Å²) in [6.07, 6.45) is 0. The summed E-state index contributed by atoms with van der Waals surface area (Å²) < 4.78 is 13.7. The van der Waals surface area contributed by atoms with Crippen LogP contribution < -0.4 is 9.47 Å². The Kier molecular flexibility index (Phi) is 4.86. The van der Waals surface area contributed by atoms with Crippen LogP contribution in [0.5, 0.6) is 11.5 Å². The number of carbonyl (C=O) groups excluding carboxylic acids is 1. The maximum absolute atomic E-state index is 12.4. The first-order valence-electron chi connectivity index (χ1n) is 7.00. The molecule has 0 bridgehead atoms. The smallest absolute Gasteiger partial charge is 0.286 e. The second kappa shape index (κ2) is 6.90. The predicted molar refractivity (Wildman–Crippen MR) is 96.8 cm³/mol. The summed E-state index contributed by atoms with van der Waals surface area (Å²) in [7, 11) is 1.57. The molecule has 1 aromatic heterocycles. The molecule has 0 saturated heterocycles. The van der Waals surface area contributed by atoms with Crippen LogP contribution in [-0.2, 0) is 0 Å². The summed E-state index contributed by atoms with van der Waals surface area (Å²) in [5, 5.41) is 7.90. The molecule has 1 heterocycles. The fourth-order valence-electron chi connectivity index (χ4n) is 2.28. The van der Waals surface area contributed by atoms with Gasteiger partial charge in [-0.1, -0.05) is 21.1 Å². The van der Waals surface area contributed by atoms with E-state index in [9.17, 15) is 4.79 Å². The number of halogens is 2. The van der Waals surface area contributed by atoms with Gasteiger partial charge in [0, 0.05) is 10.5 Å². The number of carbonyl (C=O) groups is 1. The zero-order chi connectivity index (χ0) is 17.3. The van der Waals surface area contributed by atoms with Crippen LogP contribution in [-0.4, -0.2) is 34.6 Å². The lowest BCUT2D eigenvalue weighted by Crippen LogP contribution is -2.20. The van der Waals surface area contributed by atoms with E-state index in [-0.39, 0.29) is 12.5 Å². The van der Waals surface area contributed by atoms with Crippen LogP contribution in [0.4, 0.5) is 0 Å². The van der Waals surface area contributed by atoms with Gasteiger partial charge < -0.3 is 9.47 Å². The summed E-state index contributed by atoms with van der Waals surface area (Å²) in [4.78, 5) is 12.4. The van der Waals surface area contributed by atoms with Crippen molar-refractivity contribution in [3.63, 3.8) is 0 Å². The fraction of sp³-hybridized carbons (Fsp3) is 0.188. The molecule has 0 N–H and O–H groups in total. The number of aromatic nitrogens is 3. The minimum atomic E-state index is -0.308. The molecule has 3 rings (SSSR count). The molecule has 0 fully saturated rings. The predicted octanol–water partition coefficient (Wildman–Crippen LogP) is 3.99. The Morgan fingerprint density at radius 2 is 2.04 bits per heavy atom. The van der Waals surface area contributed by atoms with Gasteiger partial charge in [-0.05, 0) is 52.7 Å². The van der Waals surface area contributed by atoms with Crippen LogP contribution in [0.2, 0.25) is 0 Å². The van der Waals surface area contributed by atoms with E-state index in [2.05, 4.69) is 42.2 Å². The van der Waals surface area contributed by atoms with Crippen LogP contribution in [0.15, 0.2) is 39.3 Å². The molecule has 0 radical (unpaired) electrons. The molecule has 0 atom stereocenters. The molecule has 0 aliphatic rings. The number of fused-ring (bicyclic) bond motifs is 1. The Morgan fingerprint density at radius 3 is 2.75 bits per heavy atom. The number of benzene rings is 2. The highest BCUT2D eigenvalue weighted by atomic mass is 79.9. The molecule has 0 spiro atoms. The Morgan fingerprint density at radius 1 is 1.25 bits per heavy atom. The fourth-order valence-corrected chi connectivity index (χ4v) is 3.83. The van der Waals surface area contributed by atoms with Gasteiger partial charge in [-0.15, -0.1) is 5.10 Å². The Balaban J connectivity index is 1.81. The first-order chi connectivity index (χ1) is 11.5. The zero-order valence-corrected chi connectivity index (χ0v) is 16.1. The van der Waals surface area contributed by atoms with E-state index in [1.807, 2.05) is 19.1 Å². The molecule has 0 amide bonds. The van der Waals surface area contributed by atoms with Gasteiger partial charge in [0.15, 0.2) is 6.61 Å². The quantitative estimate of drug-likeness (QED) is 0.596. The minimum absolute atomic E-state index is 0.147. The van der Waals surface area contributed by atoms with Gasteiger partial charge in [-0.2, -0.15) is 4.68 Å². The van der Waals surface area contributed by atoms with Gasteiger partial charge in [0.05, 0.1) is 17.1 Å². The van der Waals surface area contributed by atoms with Crippen LogP contribution >= 0.6 is 31.9 Å². The largest absolute Gasteiger partial charge is 0.497 e. The van der Waals surface area contributed by atoms with Crippen molar-refractivity contribution < 1.29 is 14.3 Å². The van der Waals surface area contributed by atoms with Crippen molar-refractivity contribution >= 4 is 48.8 Å². The Hall–Kier alpha value is -1.93. The molecule has 124 valence electrons. The number of hydrogen-bond donors (Lipinski definition) is 0. The van der Waals surface area contributed by atoms with E-state index in [1.165, 1.54) is 4.68 Å². The van der Waals surface area contributed by atoms with Gasteiger partial charge in [0.25, 0.3) is 5.91 Å². The summed E-state index contributed by atoms with van der Waals surface area (Å²) in [5.74, 6) is 0.974. The van der Waals surface area contributed by atoms with Crippen molar-refractivity contribution in [1.82, 2.24) is 15.0 Å². The van der Waals surface area contributed by atoms with Crippen molar-refractivity contribution in [2.45, 2.75) is 6.92 Å². The second-order valence-electron chi connectivity index (χ2n) is 5.07. The van der Waals surface area contributed by atoms with Crippen molar-refractivity contribution in [3.05, 3.63) is 44.8 Å². The van der Waals surface area contributed by atoms with Crippen LogP contribution in [0, 0.1) is 6.92 Å². The molecule has 3 aromatic rings. The Labute approximate surface area is 155 Å². The van der Waals surface area contributed by atoms with Gasteiger partial charge in [0.2, 0.25) is 0 Å². The third-order valence-corrected chi connectivity index (χ3v) is 4.47. The number of ether oxygens (including phenoxy) is 2. The maximum atomic E-state index is 12.4. The first-order valence-corrected chi connectivity index (χ1v) is 8.59. The molecule has 6 nitrogen and oxygen atoms in total. The highest BCUT2D eigenvalue weighted by Crippen LogP contribution is 2.32. The number of hydrogen-bond acceptors (Lipinski definition) is 5. The Bertz CT molecular complexity index is 901. The molecular formula is C16H13Br2N3O3. The SMILES string of the molecule is COc1ccc2c(c1)nnn2C(=O)COc1c(C)cc(Br)cc1Br. The molecule has 0 aliphatic carbocycles. The van der Waals surface area contributed by atoms with Crippen LogP contribution in [0.25, 0.3) is 11.0 Å². The van der Waals surface area contributed by atoms with Gasteiger partial charge >= 0.3 is 0 Å². The lowest BCUT2D eigenvalue weighted by molar-refractivity contribution is 0.0823. The number of aryl methyl sites for hydroxylation is 1. The molecule has 8 heteroatoms. The van der Waals surface area contributed by atoms with Crippen molar-refractivity contribution in [1.29, 1.82) is 0 Å². The summed E-state index contributed by atoms with van der Waals surface area (Å²) in [6, 6.07) is 9.01. The summed E-state index contributed by atoms with van der Waals surface area (Å²) in [6.45, 7) is 1.76. The summed E-state index contributed by atoms with van der Waals surface area (Å²) in [5.41, 5.74) is 2.11. The van der Waals surface area contributed by atoms with Gasteiger partial charge in [-0.3, -0.25) is 4.79 Å². The van der Waals surface area contributed by atoms with Crippen molar-refractivity contribution in [2.75, 3.05) is 13.7 Å². The second-order valence-corrected chi connectivity index (χ2v) is 6.84. The maximum Gasteiger partial charge on any atom is 0.286 e. The third-order valence-electron chi connectivity index (χ3n) is 3.42. The molecule has 0 saturated carbocycles. The monoisotopic (exact) mass is 453 g/mol. The summed E-state index contributed by atoms with van der Waals surface area (Å²) >= 11 is 6.85. The van der Waals surface area contributed by atoms with Gasteiger partial charge in [-0.25, -0.2) is 0 Å². The molecular weight excluding hydrogens is 442 g/mol. The van der Waals surface area contributed by atoms with E-state index in [4.69, 9.17) is 9.47 Å². The molecule has 24 heavy (non-hydrogen) atoms. The number of nitrogens with zero attached hydrogens (tertiary/aromatic N) is 3.